The lowest BCUT2D eigenvalue weighted by molar-refractivity contribution is -0.119. The third-order valence-corrected chi connectivity index (χ3v) is 4.53. The maximum absolute atomic E-state index is 10.8. The van der Waals surface area contributed by atoms with Crippen molar-refractivity contribution in [3.05, 3.63) is 19.8 Å². The van der Waals surface area contributed by atoms with Crippen LogP contribution in [-0.2, 0) is 11.3 Å². The Balaban J connectivity index is 2.53. The molecule has 0 spiro atoms. The summed E-state index contributed by atoms with van der Waals surface area (Å²) in [4.78, 5) is 12.0. The van der Waals surface area contributed by atoms with E-state index < -0.39 is 0 Å². The molecule has 1 rings (SSSR count). The van der Waals surface area contributed by atoms with Crippen molar-refractivity contribution in [2.24, 2.45) is 5.73 Å². The van der Waals surface area contributed by atoms with Crippen LogP contribution in [0.5, 0.6) is 0 Å². The number of thiophene rings is 1. The van der Waals surface area contributed by atoms with Gasteiger partial charge >= 0.3 is 0 Å². The highest BCUT2D eigenvalue weighted by Crippen LogP contribution is 2.32. The van der Waals surface area contributed by atoms with E-state index in [1.54, 1.807) is 0 Å². The van der Waals surface area contributed by atoms with Crippen molar-refractivity contribution in [3.8, 4) is 0 Å². The number of primary amides is 1. The van der Waals surface area contributed by atoms with Crippen LogP contribution >= 0.6 is 38.9 Å². The van der Waals surface area contributed by atoms with Crippen LogP contribution in [0.25, 0.3) is 0 Å². The number of nitrogens with one attached hydrogen (secondary N) is 1. The summed E-state index contributed by atoms with van der Waals surface area (Å²) in [5.41, 5.74) is 4.87. The number of carbonyl (C=O) groups is 1. The Morgan fingerprint density at radius 2 is 2.31 bits per heavy atom. The molecule has 0 atom stereocenters. The van der Waals surface area contributed by atoms with Crippen LogP contribution in [0.15, 0.2) is 10.5 Å². The largest absolute Gasteiger partial charge is 0.370 e. The molecule has 0 unspecified atom stereocenters. The van der Waals surface area contributed by atoms with Gasteiger partial charge in [0.15, 0.2) is 0 Å². The van der Waals surface area contributed by atoms with E-state index in [9.17, 15) is 4.79 Å². The van der Waals surface area contributed by atoms with Crippen LogP contribution in [0.1, 0.15) is 25.1 Å². The minimum absolute atomic E-state index is 0.297. The molecule has 1 heterocycles. The molecule has 3 nitrogen and oxygen atoms in total. The minimum atomic E-state index is -0.303. The molecule has 0 aliphatic carbocycles. The number of hydrogen-bond donors (Lipinski definition) is 2. The molecule has 6 heteroatoms. The Bertz CT molecular complexity index is 373. The summed E-state index contributed by atoms with van der Waals surface area (Å²) in [6.07, 6.45) is 0.313. The fourth-order valence-corrected chi connectivity index (χ4v) is 3.03. The van der Waals surface area contributed by atoms with Gasteiger partial charge in [0, 0.05) is 27.9 Å². The highest BCUT2D eigenvalue weighted by atomic mass is 79.9. The maximum atomic E-state index is 10.8. The molecule has 16 heavy (non-hydrogen) atoms. The molecule has 0 bridgehead atoms. The van der Waals surface area contributed by atoms with Gasteiger partial charge in [-0.15, -0.1) is 11.3 Å². The molecule has 0 aliphatic rings. The molecular formula is C10H14BrClN2OS. The average Bonchev–Trinajstić information content (AvgIpc) is 2.41. The van der Waals surface area contributed by atoms with E-state index in [1.165, 1.54) is 11.3 Å². The number of nitrogens with two attached hydrogens (primary N) is 1. The second-order valence-electron chi connectivity index (χ2n) is 4.21. The molecule has 1 aromatic rings. The Kier molecular flexibility index (Phi) is 4.79. The lowest BCUT2D eigenvalue weighted by Crippen LogP contribution is -2.42. The second-order valence-corrected chi connectivity index (χ2v) is 6.81. The first-order valence-electron chi connectivity index (χ1n) is 4.77. The van der Waals surface area contributed by atoms with Crippen molar-refractivity contribution in [1.29, 1.82) is 0 Å². The summed E-state index contributed by atoms with van der Waals surface area (Å²) < 4.78 is 1.65. The molecule has 3 N–H and O–H groups in total. The van der Waals surface area contributed by atoms with Crippen molar-refractivity contribution < 1.29 is 4.79 Å². The summed E-state index contributed by atoms with van der Waals surface area (Å²) >= 11 is 10.8. The Morgan fingerprint density at radius 1 is 1.69 bits per heavy atom. The zero-order valence-corrected chi connectivity index (χ0v) is 12.3. The summed E-state index contributed by atoms with van der Waals surface area (Å²) in [6, 6.07) is 1.97. The summed E-state index contributed by atoms with van der Waals surface area (Å²) in [5, 5.41) is 3.28. The number of hydrogen-bond acceptors (Lipinski definition) is 3. The molecule has 0 saturated carbocycles. The van der Waals surface area contributed by atoms with Gasteiger partial charge in [0.05, 0.1) is 0 Å². The van der Waals surface area contributed by atoms with Gasteiger partial charge < -0.3 is 11.1 Å². The standard InChI is InChI=1S/C10H14BrClN2OS/c1-10(2,4-8(13)15)14-5-6-3-7(11)9(12)16-6/h3,14H,4-5H2,1-2H3,(H2,13,15). The number of carbonyl (C=O) groups excluding carboxylic acids is 1. The van der Waals surface area contributed by atoms with E-state index >= 15 is 0 Å². The molecule has 0 aromatic carbocycles. The molecule has 0 radical (unpaired) electrons. The van der Waals surface area contributed by atoms with Crippen LogP contribution < -0.4 is 11.1 Å². The van der Waals surface area contributed by atoms with E-state index in [2.05, 4.69) is 21.2 Å². The minimum Gasteiger partial charge on any atom is -0.370 e. The lowest BCUT2D eigenvalue weighted by atomic mass is 10.0. The van der Waals surface area contributed by atoms with Crippen LogP contribution in [0.3, 0.4) is 0 Å². The van der Waals surface area contributed by atoms with Gasteiger partial charge in [0.25, 0.3) is 0 Å². The van der Waals surface area contributed by atoms with Gasteiger partial charge in [0.1, 0.15) is 4.34 Å². The monoisotopic (exact) mass is 324 g/mol. The van der Waals surface area contributed by atoms with E-state index in [1.807, 2.05) is 19.9 Å². The predicted molar refractivity (Wildman–Crippen MR) is 71.8 cm³/mol. The lowest BCUT2D eigenvalue weighted by Gasteiger charge is -2.24. The maximum Gasteiger partial charge on any atom is 0.219 e. The quantitative estimate of drug-likeness (QED) is 0.874. The Morgan fingerprint density at radius 3 is 2.75 bits per heavy atom. The van der Waals surface area contributed by atoms with Crippen molar-refractivity contribution in [2.45, 2.75) is 32.4 Å². The topological polar surface area (TPSA) is 55.1 Å². The van der Waals surface area contributed by atoms with Gasteiger partial charge in [-0.1, -0.05) is 11.6 Å². The first-order valence-corrected chi connectivity index (χ1v) is 6.76. The average molecular weight is 326 g/mol. The van der Waals surface area contributed by atoms with Gasteiger partial charge in [-0.25, -0.2) is 0 Å². The normalized spacial score (nSPS) is 11.8. The van der Waals surface area contributed by atoms with E-state index in [-0.39, 0.29) is 11.4 Å². The van der Waals surface area contributed by atoms with E-state index in [0.29, 0.717) is 13.0 Å². The van der Waals surface area contributed by atoms with Crippen molar-refractivity contribution in [2.75, 3.05) is 0 Å². The molecule has 1 amide bonds. The van der Waals surface area contributed by atoms with Crippen LogP contribution in [0, 0.1) is 0 Å². The Hall–Kier alpha value is -0.100. The van der Waals surface area contributed by atoms with Gasteiger partial charge in [0.2, 0.25) is 5.91 Å². The third kappa shape index (κ3) is 4.41. The molecule has 1 aromatic heterocycles. The van der Waals surface area contributed by atoms with E-state index in [4.69, 9.17) is 17.3 Å². The zero-order chi connectivity index (χ0) is 12.3. The highest BCUT2D eigenvalue weighted by molar-refractivity contribution is 9.10. The zero-order valence-electron chi connectivity index (χ0n) is 9.14. The van der Waals surface area contributed by atoms with Crippen molar-refractivity contribution >= 4 is 44.8 Å². The second kappa shape index (κ2) is 5.49. The van der Waals surface area contributed by atoms with Crippen LogP contribution in [0.4, 0.5) is 0 Å². The van der Waals surface area contributed by atoms with Gasteiger partial charge in [-0.3, -0.25) is 4.79 Å². The number of halogens is 2. The van der Waals surface area contributed by atoms with Crippen molar-refractivity contribution in [3.63, 3.8) is 0 Å². The Labute approximate surface area is 112 Å². The summed E-state index contributed by atoms with van der Waals surface area (Å²) in [5.74, 6) is -0.303. The molecular weight excluding hydrogens is 312 g/mol. The summed E-state index contributed by atoms with van der Waals surface area (Å²) in [7, 11) is 0. The fraction of sp³-hybridized carbons (Fsp3) is 0.500. The molecule has 0 saturated heterocycles. The third-order valence-electron chi connectivity index (χ3n) is 2.05. The van der Waals surface area contributed by atoms with Gasteiger partial charge in [-0.05, 0) is 35.8 Å². The first kappa shape index (κ1) is 14.0. The molecule has 0 aliphatic heterocycles. The predicted octanol–water partition coefficient (Wildman–Crippen LogP) is 2.91. The fourth-order valence-electron chi connectivity index (χ4n) is 1.30. The van der Waals surface area contributed by atoms with Crippen LogP contribution in [-0.4, -0.2) is 11.4 Å². The van der Waals surface area contributed by atoms with Crippen molar-refractivity contribution in [1.82, 2.24) is 5.32 Å². The van der Waals surface area contributed by atoms with E-state index in [0.717, 1.165) is 13.7 Å². The smallest absolute Gasteiger partial charge is 0.219 e. The first-order chi connectivity index (χ1) is 7.30. The molecule has 90 valence electrons. The van der Waals surface area contributed by atoms with Gasteiger partial charge in [-0.2, -0.15) is 0 Å². The SMILES string of the molecule is CC(C)(CC(N)=O)NCc1cc(Br)c(Cl)s1. The summed E-state index contributed by atoms with van der Waals surface area (Å²) in [6.45, 7) is 4.57. The van der Waals surface area contributed by atoms with Crippen LogP contribution in [0.2, 0.25) is 4.34 Å². The number of amides is 1. The number of rotatable bonds is 5. The molecule has 0 fully saturated rings. The highest BCUT2D eigenvalue weighted by Gasteiger charge is 2.20.